The van der Waals surface area contributed by atoms with E-state index in [9.17, 15) is 4.79 Å². The van der Waals surface area contributed by atoms with Crippen LogP contribution in [0.1, 0.15) is 42.4 Å². The summed E-state index contributed by atoms with van der Waals surface area (Å²) in [5.41, 5.74) is 0.693. The minimum absolute atomic E-state index is 0.115. The summed E-state index contributed by atoms with van der Waals surface area (Å²) in [4.78, 5) is 26.1. The Kier molecular flexibility index (Phi) is 5.02. The van der Waals surface area contributed by atoms with Gasteiger partial charge in [-0.25, -0.2) is 4.98 Å². The number of fused-ring (bicyclic) bond motifs is 4. The zero-order valence-electron chi connectivity index (χ0n) is 15.4. The lowest BCUT2D eigenvalue weighted by Gasteiger charge is -2.35. The van der Waals surface area contributed by atoms with Crippen molar-refractivity contribution in [3.63, 3.8) is 0 Å². The molecule has 0 N–H and O–H groups in total. The molecule has 2 aromatic heterocycles. The lowest BCUT2D eigenvalue weighted by molar-refractivity contribution is 0.0734. The summed E-state index contributed by atoms with van der Waals surface area (Å²) < 4.78 is 2.26. The number of carbonyl (C=O) groups is 1. The fraction of sp³-hybridized carbons (Fsp3) is 0.550. The number of hydrogen-bond donors (Lipinski definition) is 0. The van der Waals surface area contributed by atoms with Crippen molar-refractivity contribution < 1.29 is 4.79 Å². The number of piperidine rings is 1. The van der Waals surface area contributed by atoms with Crippen LogP contribution in [-0.2, 0) is 13.1 Å². The predicted octanol–water partition coefficient (Wildman–Crippen LogP) is 2.42. The second-order valence-corrected chi connectivity index (χ2v) is 7.52. The van der Waals surface area contributed by atoms with Crippen LogP contribution in [0.5, 0.6) is 0 Å². The van der Waals surface area contributed by atoms with Crippen LogP contribution < -0.4 is 0 Å². The third kappa shape index (κ3) is 3.51. The minimum atomic E-state index is 0.115. The number of pyridine rings is 1. The molecule has 2 aromatic rings. The van der Waals surface area contributed by atoms with E-state index in [1.54, 1.807) is 12.4 Å². The van der Waals surface area contributed by atoms with E-state index in [2.05, 4.69) is 32.6 Å². The Balaban J connectivity index is 1.48. The Hall–Kier alpha value is -2.21. The Labute approximate surface area is 154 Å². The molecular formula is C20H27N5O. The Morgan fingerprint density at radius 1 is 1.23 bits per heavy atom. The summed E-state index contributed by atoms with van der Waals surface area (Å²) in [7, 11) is 0. The molecule has 0 saturated carbocycles. The molecule has 0 aromatic carbocycles. The van der Waals surface area contributed by atoms with E-state index in [1.165, 1.54) is 6.42 Å². The van der Waals surface area contributed by atoms with E-state index in [-0.39, 0.29) is 5.91 Å². The van der Waals surface area contributed by atoms with Crippen molar-refractivity contribution >= 4 is 5.91 Å². The number of aromatic nitrogens is 3. The molecule has 0 aliphatic carbocycles. The van der Waals surface area contributed by atoms with Crippen LogP contribution in [0.4, 0.5) is 0 Å². The maximum atomic E-state index is 12.9. The van der Waals surface area contributed by atoms with Gasteiger partial charge in [-0.1, -0.05) is 6.92 Å². The van der Waals surface area contributed by atoms with Gasteiger partial charge in [-0.3, -0.25) is 14.7 Å². The van der Waals surface area contributed by atoms with Crippen molar-refractivity contribution in [2.24, 2.45) is 5.92 Å². The van der Waals surface area contributed by atoms with Crippen LogP contribution in [0.2, 0.25) is 0 Å². The maximum absolute atomic E-state index is 12.9. The molecule has 0 radical (unpaired) electrons. The van der Waals surface area contributed by atoms with Crippen LogP contribution in [0.3, 0.4) is 0 Å². The number of hydrogen-bond acceptors (Lipinski definition) is 4. The number of aryl methyl sites for hydroxylation is 1. The lowest BCUT2D eigenvalue weighted by atomic mass is 9.95. The molecule has 3 saturated heterocycles. The highest BCUT2D eigenvalue weighted by atomic mass is 16.2. The third-order valence-corrected chi connectivity index (χ3v) is 5.63. The van der Waals surface area contributed by atoms with Gasteiger partial charge in [0.05, 0.1) is 12.1 Å². The summed E-state index contributed by atoms with van der Waals surface area (Å²) in [5, 5.41) is 0. The first-order valence-corrected chi connectivity index (χ1v) is 9.68. The van der Waals surface area contributed by atoms with Crippen LogP contribution in [0, 0.1) is 5.92 Å². The molecule has 5 heterocycles. The van der Waals surface area contributed by atoms with Crippen LogP contribution in [0.15, 0.2) is 36.9 Å². The fourth-order valence-corrected chi connectivity index (χ4v) is 4.33. The van der Waals surface area contributed by atoms with Crippen molar-refractivity contribution in [1.29, 1.82) is 0 Å². The molecule has 5 rings (SSSR count). The molecule has 0 spiro atoms. The molecule has 6 nitrogen and oxygen atoms in total. The van der Waals surface area contributed by atoms with Gasteiger partial charge in [-0.15, -0.1) is 0 Å². The Morgan fingerprint density at radius 2 is 2.15 bits per heavy atom. The summed E-state index contributed by atoms with van der Waals surface area (Å²) in [6, 6.07) is 4.11. The minimum Gasteiger partial charge on any atom is -0.337 e. The molecule has 2 unspecified atom stereocenters. The van der Waals surface area contributed by atoms with Gasteiger partial charge in [0, 0.05) is 57.0 Å². The van der Waals surface area contributed by atoms with Gasteiger partial charge in [0.2, 0.25) is 0 Å². The highest BCUT2D eigenvalue weighted by molar-refractivity contribution is 5.93. The van der Waals surface area contributed by atoms with E-state index >= 15 is 0 Å². The smallest absolute Gasteiger partial charge is 0.255 e. The molecular weight excluding hydrogens is 326 g/mol. The van der Waals surface area contributed by atoms with E-state index in [4.69, 9.17) is 0 Å². The first-order chi connectivity index (χ1) is 12.7. The van der Waals surface area contributed by atoms with E-state index < -0.39 is 0 Å². The Morgan fingerprint density at radius 3 is 2.96 bits per heavy atom. The summed E-state index contributed by atoms with van der Waals surface area (Å²) in [5.74, 6) is 1.80. The monoisotopic (exact) mass is 353 g/mol. The van der Waals surface area contributed by atoms with E-state index in [0.717, 1.165) is 51.4 Å². The quantitative estimate of drug-likeness (QED) is 0.828. The van der Waals surface area contributed by atoms with Gasteiger partial charge in [0.15, 0.2) is 0 Å². The van der Waals surface area contributed by atoms with Crippen molar-refractivity contribution in [3.05, 3.63) is 48.3 Å². The van der Waals surface area contributed by atoms with Gasteiger partial charge in [0.1, 0.15) is 5.82 Å². The van der Waals surface area contributed by atoms with Crippen molar-refractivity contribution in [2.75, 3.05) is 19.6 Å². The average molecular weight is 353 g/mol. The zero-order valence-corrected chi connectivity index (χ0v) is 15.4. The SMILES string of the molecule is CCCn1ccnc1CN1CC2CCC1CN(C(=O)c1cccnc1)C2. The van der Waals surface area contributed by atoms with Gasteiger partial charge in [-0.05, 0) is 37.3 Å². The fourth-order valence-electron chi connectivity index (χ4n) is 4.33. The highest BCUT2D eigenvalue weighted by Gasteiger charge is 2.37. The first kappa shape index (κ1) is 17.2. The molecule has 1 amide bonds. The number of rotatable bonds is 5. The number of nitrogens with zero attached hydrogens (tertiary/aromatic N) is 5. The van der Waals surface area contributed by atoms with Crippen LogP contribution in [0.25, 0.3) is 0 Å². The topological polar surface area (TPSA) is 54.3 Å². The van der Waals surface area contributed by atoms with Crippen molar-refractivity contribution in [3.8, 4) is 0 Å². The van der Waals surface area contributed by atoms with E-state index in [1.807, 2.05) is 23.2 Å². The summed E-state index contributed by atoms with van der Waals surface area (Å²) in [6.45, 7) is 6.80. The largest absolute Gasteiger partial charge is 0.337 e. The summed E-state index contributed by atoms with van der Waals surface area (Å²) in [6.07, 6.45) is 10.9. The van der Waals surface area contributed by atoms with Crippen LogP contribution in [-0.4, -0.2) is 55.9 Å². The number of imidazole rings is 1. The van der Waals surface area contributed by atoms with Gasteiger partial charge >= 0.3 is 0 Å². The molecule has 3 fully saturated rings. The number of carbonyl (C=O) groups excluding carboxylic acids is 1. The molecule has 6 heteroatoms. The first-order valence-electron chi connectivity index (χ1n) is 9.68. The second-order valence-electron chi connectivity index (χ2n) is 7.52. The highest BCUT2D eigenvalue weighted by Crippen LogP contribution is 2.29. The van der Waals surface area contributed by atoms with Gasteiger partial charge in [-0.2, -0.15) is 0 Å². The molecule has 3 aliphatic rings. The summed E-state index contributed by atoms with van der Waals surface area (Å²) >= 11 is 0. The number of amides is 1. The molecule has 2 atom stereocenters. The van der Waals surface area contributed by atoms with Crippen LogP contribution >= 0.6 is 0 Å². The predicted molar refractivity (Wildman–Crippen MR) is 99.6 cm³/mol. The lowest BCUT2D eigenvalue weighted by Crippen LogP contribution is -2.44. The molecule has 26 heavy (non-hydrogen) atoms. The second kappa shape index (κ2) is 7.58. The zero-order chi connectivity index (χ0) is 17.9. The molecule has 138 valence electrons. The Bertz CT molecular complexity index is 744. The van der Waals surface area contributed by atoms with Gasteiger partial charge in [0.25, 0.3) is 5.91 Å². The average Bonchev–Trinajstić information content (AvgIpc) is 2.90. The van der Waals surface area contributed by atoms with Crippen molar-refractivity contribution in [2.45, 2.75) is 45.3 Å². The van der Waals surface area contributed by atoms with Crippen molar-refractivity contribution in [1.82, 2.24) is 24.3 Å². The standard InChI is InChI=1S/C20H27N5O/c1-2-9-23-10-8-22-19(23)15-24-12-16-5-6-18(24)14-25(13-16)20(26)17-4-3-7-21-11-17/h3-4,7-8,10-11,16,18H,2,5-6,9,12-15H2,1H3. The normalized spacial score (nSPS) is 23.2. The van der Waals surface area contributed by atoms with E-state index in [0.29, 0.717) is 17.5 Å². The van der Waals surface area contributed by atoms with Gasteiger partial charge < -0.3 is 9.47 Å². The molecule has 2 bridgehead atoms. The molecule has 3 aliphatic heterocycles. The third-order valence-electron chi connectivity index (χ3n) is 5.63. The maximum Gasteiger partial charge on any atom is 0.255 e.